The van der Waals surface area contributed by atoms with Crippen LogP contribution >= 0.6 is 0 Å². The summed E-state index contributed by atoms with van der Waals surface area (Å²) in [6.45, 7) is 6.10. The first kappa shape index (κ1) is 11.4. The van der Waals surface area contributed by atoms with Crippen molar-refractivity contribution in [1.82, 2.24) is 4.98 Å². The second kappa shape index (κ2) is 5.97. The lowest BCUT2D eigenvalue weighted by atomic mass is 10.1. The van der Waals surface area contributed by atoms with Gasteiger partial charge in [-0.2, -0.15) is 0 Å². The molecule has 1 heterocycles. The molecule has 0 radical (unpaired) electrons. The van der Waals surface area contributed by atoms with Crippen LogP contribution in [0.3, 0.4) is 0 Å². The minimum Gasteiger partial charge on any atom is -0.256 e. The molecule has 2 aromatic rings. The standard InChI is InChI=1S/C12H11N.C2H6/c1-10-6-2-3-7-11(10)12-8-4-5-9-13-12;1-2/h2-9H,1H3;1-2H3. The van der Waals surface area contributed by atoms with Gasteiger partial charge in [-0.3, -0.25) is 4.98 Å². The van der Waals surface area contributed by atoms with Crippen molar-refractivity contribution in [2.45, 2.75) is 20.8 Å². The molecular formula is C14H17N. The van der Waals surface area contributed by atoms with E-state index in [1.54, 1.807) is 0 Å². The molecule has 1 aromatic carbocycles. The summed E-state index contributed by atoms with van der Waals surface area (Å²) in [6, 6.07) is 14.2. The van der Waals surface area contributed by atoms with E-state index < -0.39 is 0 Å². The highest BCUT2D eigenvalue weighted by atomic mass is 14.7. The Kier molecular flexibility index (Phi) is 4.55. The molecule has 0 amide bonds. The molecular weight excluding hydrogens is 182 g/mol. The van der Waals surface area contributed by atoms with E-state index in [1.165, 1.54) is 11.1 Å². The zero-order chi connectivity index (χ0) is 11.1. The second-order valence-corrected chi connectivity index (χ2v) is 3.03. The van der Waals surface area contributed by atoms with Crippen molar-refractivity contribution in [2.24, 2.45) is 0 Å². The van der Waals surface area contributed by atoms with E-state index in [2.05, 4.69) is 24.0 Å². The van der Waals surface area contributed by atoms with Gasteiger partial charge in [0.1, 0.15) is 0 Å². The third-order valence-electron chi connectivity index (χ3n) is 2.09. The molecule has 0 unspecified atom stereocenters. The predicted octanol–water partition coefficient (Wildman–Crippen LogP) is 4.08. The summed E-state index contributed by atoms with van der Waals surface area (Å²) in [5.74, 6) is 0. The van der Waals surface area contributed by atoms with E-state index >= 15 is 0 Å². The van der Waals surface area contributed by atoms with Gasteiger partial charge < -0.3 is 0 Å². The molecule has 0 bridgehead atoms. The van der Waals surface area contributed by atoms with E-state index in [4.69, 9.17) is 0 Å². The molecule has 0 atom stereocenters. The Hall–Kier alpha value is -1.63. The molecule has 78 valence electrons. The van der Waals surface area contributed by atoms with Crippen LogP contribution in [0.2, 0.25) is 0 Å². The molecule has 0 saturated carbocycles. The molecule has 0 aliphatic carbocycles. The van der Waals surface area contributed by atoms with Gasteiger partial charge in [-0.25, -0.2) is 0 Å². The number of aromatic nitrogens is 1. The van der Waals surface area contributed by atoms with Crippen LogP contribution in [0, 0.1) is 6.92 Å². The Morgan fingerprint density at radius 3 is 2.13 bits per heavy atom. The van der Waals surface area contributed by atoms with Crippen LogP contribution in [0.25, 0.3) is 11.3 Å². The Balaban J connectivity index is 0.000000531. The number of pyridine rings is 1. The van der Waals surface area contributed by atoms with Gasteiger partial charge in [-0.05, 0) is 24.6 Å². The summed E-state index contributed by atoms with van der Waals surface area (Å²) in [5.41, 5.74) is 3.52. The highest BCUT2D eigenvalue weighted by Gasteiger charge is 1.99. The van der Waals surface area contributed by atoms with E-state index in [0.717, 1.165) is 5.69 Å². The predicted molar refractivity (Wildman–Crippen MR) is 65.8 cm³/mol. The van der Waals surface area contributed by atoms with Crippen molar-refractivity contribution < 1.29 is 0 Å². The number of benzene rings is 1. The first-order valence-corrected chi connectivity index (χ1v) is 5.35. The summed E-state index contributed by atoms with van der Waals surface area (Å²) in [6.07, 6.45) is 1.82. The SMILES string of the molecule is CC.Cc1ccccc1-c1ccccn1. The molecule has 0 N–H and O–H groups in total. The molecule has 2 rings (SSSR count). The minimum absolute atomic E-state index is 1.04. The number of aryl methyl sites for hydroxylation is 1. The fraction of sp³-hybridized carbons (Fsp3) is 0.214. The van der Waals surface area contributed by atoms with Gasteiger partial charge in [0.05, 0.1) is 5.69 Å². The zero-order valence-electron chi connectivity index (χ0n) is 9.57. The average molecular weight is 199 g/mol. The first-order valence-electron chi connectivity index (χ1n) is 5.35. The molecule has 0 aliphatic rings. The summed E-state index contributed by atoms with van der Waals surface area (Å²) in [5, 5.41) is 0. The largest absolute Gasteiger partial charge is 0.256 e. The minimum atomic E-state index is 1.04. The molecule has 0 saturated heterocycles. The van der Waals surface area contributed by atoms with Crippen LogP contribution in [0.5, 0.6) is 0 Å². The van der Waals surface area contributed by atoms with Crippen LogP contribution in [-0.4, -0.2) is 4.98 Å². The third kappa shape index (κ3) is 2.91. The van der Waals surface area contributed by atoms with Crippen molar-refractivity contribution in [1.29, 1.82) is 0 Å². The lowest BCUT2D eigenvalue weighted by Crippen LogP contribution is -1.84. The zero-order valence-corrected chi connectivity index (χ0v) is 9.57. The van der Waals surface area contributed by atoms with Crippen molar-refractivity contribution in [2.75, 3.05) is 0 Å². The fourth-order valence-electron chi connectivity index (χ4n) is 1.38. The first-order chi connectivity index (χ1) is 7.38. The van der Waals surface area contributed by atoms with E-state index in [9.17, 15) is 0 Å². The van der Waals surface area contributed by atoms with Gasteiger partial charge in [-0.15, -0.1) is 0 Å². The molecule has 0 fully saturated rings. The fourth-order valence-corrected chi connectivity index (χ4v) is 1.38. The van der Waals surface area contributed by atoms with Crippen molar-refractivity contribution in [3.05, 3.63) is 54.2 Å². The maximum Gasteiger partial charge on any atom is 0.0704 e. The van der Waals surface area contributed by atoms with Crippen LogP contribution < -0.4 is 0 Å². The lowest BCUT2D eigenvalue weighted by Gasteiger charge is -2.03. The van der Waals surface area contributed by atoms with Crippen molar-refractivity contribution >= 4 is 0 Å². The highest BCUT2D eigenvalue weighted by molar-refractivity contribution is 5.62. The number of hydrogen-bond acceptors (Lipinski definition) is 1. The topological polar surface area (TPSA) is 12.9 Å². The van der Waals surface area contributed by atoms with E-state index in [0.29, 0.717) is 0 Å². The smallest absolute Gasteiger partial charge is 0.0704 e. The number of hydrogen-bond donors (Lipinski definition) is 0. The van der Waals surface area contributed by atoms with E-state index in [-0.39, 0.29) is 0 Å². The number of rotatable bonds is 1. The van der Waals surface area contributed by atoms with E-state index in [1.807, 2.05) is 50.4 Å². The van der Waals surface area contributed by atoms with Crippen LogP contribution in [-0.2, 0) is 0 Å². The lowest BCUT2D eigenvalue weighted by molar-refractivity contribution is 1.31. The molecule has 15 heavy (non-hydrogen) atoms. The molecule has 1 nitrogen and oxygen atoms in total. The van der Waals surface area contributed by atoms with Crippen LogP contribution in [0.1, 0.15) is 19.4 Å². The molecule has 0 spiro atoms. The quantitative estimate of drug-likeness (QED) is 0.674. The van der Waals surface area contributed by atoms with Crippen molar-refractivity contribution in [3.8, 4) is 11.3 Å². The maximum atomic E-state index is 4.31. The van der Waals surface area contributed by atoms with Gasteiger partial charge in [0.15, 0.2) is 0 Å². The summed E-state index contributed by atoms with van der Waals surface area (Å²) >= 11 is 0. The third-order valence-corrected chi connectivity index (χ3v) is 2.09. The number of nitrogens with zero attached hydrogens (tertiary/aromatic N) is 1. The van der Waals surface area contributed by atoms with Crippen molar-refractivity contribution in [3.63, 3.8) is 0 Å². The Morgan fingerprint density at radius 2 is 1.53 bits per heavy atom. The molecule has 1 aromatic heterocycles. The molecule has 1 heteroatoms. The summed E-state index contributed by atoms with van der Waals surface area (Å²) in [4.78, 5) is 4.31. The second-order valence-electron chi connectivity index (χ2n) is 3.03. The van der Waals surface area contributed by atoms with Gasteiger partial charge >= 0.3 is 0 Å². The summed E-state index contributed by atoms with van der Waals surface area (Å²) < 4.78 is 0. The van der Waals surface area contributed by atoms with Gasteiger partial charge in [0.25, 0.3) is 0 Å². The Labute approximate surface area is 91.8 Å². The highest BCUT2D eigenvalue weighted by Crippen LogP contribution is 2.19. The Morgan fingerprint density at radius 1 is 0.867 bits per heavy atom. The van der Waals surface area contributed by atoms with Crippen LogP contribution in [0.15, 0.2) is 48.7 Å². The van der Waals surface area contributed by atoms with Crippen LogP contribution in [0.4, 0.5) is 0 Å². The molecule has 0 aliphatic heterocycles. The normalized spacial score (nSPS) is 9.00. The van der Waals surface area contributed by atoms with Gasteiger partial charge in [-0.1, -0.05) is 44.2 Å². The summed E-state index contributed by atoms with van der Waals surface area (Å²) in [7, 11) is 0. The van der Waals surface area contributed by atoms with Gasteiger partial charge in [0.2, 0.25) is 0 Å². The van der Waals surface area contributed by atoms with Gasteiger partial charge in [0, 0.05) is 11.8 Å². The Bertz CT molecular complexity index is 393. The monoisotopic (exact) mass is 199 g/mol. The maximum absolute atomic E-state index is 4.31. The average Bonchev–Trinajstić information content (AvgIpc) is 2.33.